The fourth-order valence-electron chi connectivity index (χ4n) is 2.12. The van der Waals surface area contributed by atoms with Crippen LogP contribution in [0.2, 0.25) is 0 Å². The topological polar surface area (TPSA) is 74.1 Å². The lowest BCUT2D eigenvalue weighted by Crippen LogP contribution is -2.26. The first-order chi connectivity index (χ1) is 11.6. The number of rotatable bonds is 4. The van der Waals surface area contributed by atoms with E-state index in [0.717, 1.165) is 15.8 Å². The smallest absolute Gasteiger partial charge is 0.332 e. The third-order valence-electron chi connectivity index (χ3n) is 3.45. The van der Waals surface area contributed by atoms with Crippen LogP contribution in [0.25, 0.3) is 17.0 Å². The molecule has 0 bridgehead atoms. The van der Waals surface area contributed by atoms with Gasteiger partial charge in [-0.05, 0) is 30.7 Å². The van der Waals surface area contributed by atoms with E-state index >= 15 is 0 Å². The summed E-state index contributed by atoms with van der Waals surface area (Å²) >= 11 is 0. The number of hydrogen-bond acceptors (Lipinski definition) is 5. The maximum absolute atomic E-state index is 12.2. The van der Waals surface area contributed by atoms with E-state index in [-0.39, 0.29) is 12.3 Å². The molecule has 1 heterocycles. The molecule has 0 fully saturated rings. The molecule has 0 aliphatic heterocycles. The number of hydrogen-bond donors (Lipinski definition) is 0. The predicted octanol–water partition coefficient (Wildman–Crippen LogP) is 2.31. The number of benzene rings is 2. The summed E-state index contributed by atoms with van der Waals surface area (Å²) in [6, 6.07) is 14.6. The molecule has 120 valence electrons. The molecule has 24 heavy (non-hydrogen) atoms. The van der Waals surface area contributed by atoms with Crippen molar-refractivity contribution in [1.29, 1.82) is 0 Å². The van der Waals surface area contributed by atoms with Gasteiger partial charge < -0.3 is 4.74 Å². The van der Waals surface area contributed by atoms with Crippen LogP contribution in [0.1, 0.15) is 11.1 Å². The summed E-state index contributed by atoms with van der Waals surface area (Å²) in [5, 5.41) is 8.11. The first-order valence-corrected chi connectivity index (χ1v) is 7.37. The standard InChI is InChI=1S/C18H15N3O3/c1-13-6-8-14(9-7-13)10-11-17(22)24-12-21-18(23)15-4-2-3-5-16(15)19-20-21/h2-11H,12H2,1H3/b11-10+. The SMILES string of the molecule is Cc1ccc(/C=C/C(=O)OCn2nnc3ccccc3c2=O)cc1. The van der Waals surface area contributed by atoms with E-state index < -0.39 is 5.97 Å². The normalized spacial score (nSPS) is 11.0. The number of aromatic nitrogens is 3. The van der Waals surface area contributed by atoms with E-state index in [1.807, 2.05) is 31.2 Å². The van der Waals surface area contributed by atoms with Crippen molar-refractivity contribution >= 4 is 22.9 Å². The van der Waals surface area contributed by atoms with E-state index in [1.165, 1.54) is 6.08 Å². The van der Waals surface area contributed by atoms with Gasteiger partial charge in [-0.1, -0.05) is 47.2 Å². The second-order valence-corrected chi connectivity index (χ2v) is 5.25. The fourth-order valence-corrected chi connectivity index (χ4v) is 2.12. The van der Waals surface area contributed by atoms with Crippen molar-refractivity contribution in [1.82, 2.24) is 15.0 Å². The zero-order chi connectivity index (χ0) is 16.9. The van der Waals surface area contributed by atoms with E-state index in [9.17, 15) is 9.59 Å². The first kappa shape index (κ1) is 15.6. The van der Waals surface area contributed by atoms with Gasteiger partial charge in [-0.3, -0.25) is 4.79 Å². The summed E-state index contributed by atoms with van der Waals surface area (Å²) in [7, 11) is 0. The molecule has 6 heteroatoms. The molecule has 0 aliphatic carbocycles. The molecule has 0 atom stereocenters. The van der Waals surface area contributed by atoms with Gasteiger partial charge in [-0.25, -0.2) is 4.79 Å². The van der Waals surface area contributed by atoms with Crippen molar-refractivity contribution in [3.63, 3.8) is 0 Å². The van der Waals surface area contributed by atoms with Crippen LogP contribution in [-0.4, -0.2) is 21.0 Å². The summed E-state index contributed by atoms with van der Waals surface area (Å²) in [5.41, 5.74) is 2.18. The molecule has 0 saturated carbocycles. The number of fused-ring (bicyclic) bond motifs is 1. The fraction of sp³-hybridized carbons (Fsp3) is 0.111. The molecule has 0 spiro atoms. The third-order valence-corrected chi connectivity index (χ3v) is 3.45. The zero-order valence-corrected chi connectivity index (χ0v) is 13.0. The molecule has 1 aromatic heterocycles. The number of carbonyl (C=O) groups excluding carboxylic acids is 1. The van der Waals surface area contributed by atoms with Gasteiger partial charge in [0.05, 0.1) is 5.39 Å². The van der Waals surface area contributed by atoms with Crippen molar-refractivity contribution in [2.75, 3.05) is 0 Å². The average Bonchev–Trinajstić information content (AvgIpc) is 2.61. The second kappa shape index (κ2) is 6.87. The third kappa shape index (κ3) is 3.55. The molecule has 3 aromatic rings. The largest absolute Gasteiger partial charge is 0.439 e. The Kier molecular flexibility index (Phi) is 4.47. The lowest BCUT2D eigenvalue weighted by atomic mass is 10.1. The molecule has 0 radical (unpaired) electrons. The summed E-state index contributed by atoms with van der Waals surface area (Å²) in [6.07, 6.45) is 2.96. The molecule has 0 N–H and O–H groups in total. The first-order valence-electron chi connectivity index (χ1n) is 7.37. The molecule has 0 amide bonds. The number of esters is 1. The van der Waals surface area contributed by atoms with Crippen molar-refractivity contribution in [3.8, 4) is 0 Å². The Balaban J connectivity index is 1.67. The van der Waals surface area contributed by atoms with E-state index in [0.29, 0.717) is 10.9 Å². The Morgan fingerprint density at radius 3 is 2.71 bits per heavy atom. The highest BCUT2D eigenvalue weighted by atomic mass is 16.5. The van der Waals surface area contributed by atoms with Gasteiger partial charge in [0.15, 0.2) is 6.73 Å². The van der Waals surface area contributed by atoms with Crippen LogP contribution in [0, 0.1) is 6.92 Å². The Labute approximate surface area is 138 Å². The van der Waals surface area contributed by atoms with Gasteiger partial charge in [-0.15, -0.1) is 5.10 Å². The van der Waals surface area contributed by atoms with Crippen molar-refractivity contribution in [3.05, 3.63) is 76.1 Å². The highest BCUT2D eigenvalue weighted by Crippen LogP contribution is 2.05. The minimum atomic E-state index is -0.558. The minimum Gasteiger partial charge on any atom is -0.439 e. The van der Waals surface area contributed by atoms with Crippen LogP contribution in [-0.2, 0) is 16.3 Å². The van der Waals surface area contributed by atoms with Crippen LogP contribution >= 0.6 is 0 Å². The average molecular weight is 321 g/mol. The lowest BCUT2D eigenvalue weighted by Gasteiger charge is -2.04. The maximum atomic E-state index is 12.2. The van der Waals surface area contributed by atoms with Crippen LogP contribution in [0.5, 0.6) is 0 Å². The molecule has 2 aromatic carbocycles. The summed E-state index contributed by atoms with van der Waals surface area (Å²) in [6.45, 7) is 1.71. The zero-order valence-electron chi connectivity index (χ0n) is 13.0. The van der Waals surface area contributed by atoms with Crippen LogP contribution in [0.4, 0.5) is 0 Å². The van der Waals surface area contributed by atoms with E-state index in [4.69, 9.17) is 4.74 Å². The Morgan fingerprint density at radius 2 is 1.92 bits per heavy atom. The summed E-state index contributed by atoms with van der Waals surface area (Å²) in [4.78, 5) is 24.0. The Hall–Kier alpha value is -3.28. The van der Waals surface area contributed by atoms with Gasteiger partial charge in [0.25, 0.3) is 5.56 Å². The quantitative estimate of drug-likeness (QED) is 0.544. The van der Waals surface area contributed by atoms with Crippen LogP contribution < -0.4 is 5.56 Å². The van der Waals surface area contributed by atoms with Crippen molar-refractivity contribution in [2.45, 2.75) is 13.7 Å². The van der Waals surface area contributed by atoms with Gasteiger partial charge in [-0.2, -0.15) is 4.68 Å². The molecular formula is C18H15N3O3. The summed E-state index contributed by atoms with van der Waals surface area (Å²) in [5.74, 6) is -0.558. The molecular weight excluding hydrogens is 306 g/mol. The van der Waals surface area contributed by atoms with Crippen molar-refractivity contribution in [2.24, 2.45) is 0 Å². The van der Waals surface area contributed by atoms with Crippen LogP contribution in [0.3, 0.4) is 0 Å². The molecule has 0 unspecified atom stereocenters. The van der Waals surface area contributed by atoms with E-state index in [1.54, 1.807) is 30.3 Å². The lowest BCUT2D eigenvalue weighted by molar-refractivity contribution is -0.141. The van der Waals surface area contributed by atoms with Gasteiger partial charge in [0, 0.05) is 6.08 Å². The molecule has 3 rings (SSSR count). The molecule has 0 saturated heterocycles. The van der Waals surface area contributed by atoms with Gasteiger partial charge in [0.1, 0.15) is 5.52 Å². The summed E-state index contributed by atoms with van der Waals surface area (Å²) < 4.78 is 6.05. The highest BCUT2D eigenvalue weighted by Gasteiger charge is 2.06. The van der Waals surface area contributed by atoms with Gasteiger partial charge in [0.2, 0.25) is 0 Å². The molecule has 0 aliphatic rings. The van der Waals surface area contributed by atoms with Gasteiger partial charge >= 0.3 is 5.97 Å². The Bertz CT molecular complexity index is 959. The number of ether oxygens (including phenoxy) is 1. The number of nitrogens with zero attached hydrogens (tertiary/aromatic N) is 3. The second-order valence-electron chi connectivity index (χ2n) is 5.25. The van der Waals surface area contributed by atoms with Crippen LogP contribution in [0.15, 0.2) is 59.4 Å². The maximum Gasteiger partial charge on any atom is 0.332 e. The monoisotopic (exact) mass is 321 g/mol. The number of aryl methyl sites for hydroxylation is 1. The predicted molar refractivity (Wildman–Crippen MR) is 90.1 cm³/mol. The highest BCUT2D eigenvalue weighted by molar-refractivity contribution is 5.86. The Morgan fingerprint density at radius 1 is 1.17 bits per heavy atom. The van der Waals surface area contributed by atoms with Crippen molar-refractivity contribution < 1.29 is 9.53 Å². The molecule has 6 nitrogen and oxygen atoms in total. The number of carbonyl (C=O) groups is 1. The minimum absolute atomic E-state index is 0.284. The van der Waals surface area contributed by atoms with E-state index in [2.05, 4.69) is 10.3 Å².